The number of thioether (sulfide) groups is 1. The quantitative estimate of drug-likeness (QED) is 0.704. The highest BCUT2D eigenvalue weighted by molar-refractivity contribution is 7.99. The standard InChI is InChI=1S/C24H23N5O2S.ClH/c25-12-17-1-3-19(4-2-17)15-29(23(30)20-7-5-18(13-26)6-8-20)21-11-22(27-14-21)24(31)28-9-10-32-16-28;/h1-8,21-22,27H,9-11,14-16H2;1H/t21-,22-;/m0./s1. The van der Waals surface area contributed by atoms with Gasteiger partial charge < -0.3 is 15.1 Å². The van der Waals surface area contributed by atoms with Crippen LogP contribution >= 0.6 is 24.2 Å². The van der Waals surface area contributed by atoms with Crippen LogP contribution in [0.4, 0.5) is 0 Å². The lowest BCUT2D eigenvalue weighted by molar-refractivity contribution is -0.131. The van der Waals surface area contributed by atoms with Crippen molar-refractivity contribution in [3.8, 4) is 12.1 Å². The molecule has 0 radical (unpaired) electrons. The summed E-state index contributed by atoms with van der Waals surface area (Å²) in [6.07, 6.45) is 0.554. The molecule has 0 unspecified atom stereocenters. The fourth-order valence-electron chi connectivity index (χ4n) is 4.05. The van der Waals surface area contributed by atoms with E-state index in [0.29, 0.717) is 36.2 Å². The predicted octanol–water partition coefficient (Wildman–Crippen LogP) is 2.76. The number of carbonyl (C=O) groups is 2. The number of nitriles is 2. The van der Waals surface area contributed by atoms with Crippen LogP contribution in [-0.2, 0) is 11.3 Å². The van der Waals surface area contributed by atoms with E-state index in [4.69, 9.17) is 10.5 Å². The Hall–Kier alpha value is -3.04. The zero-order valence-corrected chi connectivity index (χ0v) is 19.6. The molecule has 2 aromatic rings. The van der Waals surface area contributed by atoms with Crippen LogP contribution in [0.2, 0.25) is 0 Å². The summed E-state index contributed by atoms with van der Waals surface area (Å²) in [6.45, 7) is 1.68. The van der Waals surface area contributed by atoms with Crippen molar-refractivity contribution in [1.82, 2.24) is 15.1 Å². The summed E-state index contributed by atoms with van der Waals surface area (Å²) in [5.74, 6) is 1.64. The van der Waals surface area contributed by atoms with E-state index >= 15 is 0 Å². The Kier molecular flexibility index (Phi) is 8.35. The second-order valence-corrected chi connectivity index (χ2v) is 9.00. The molecule has 2 aliphatic rings. The van der Waals surface area contributed by atoms with E-state index in [0.717, 1.165) is 23.7 Å². The van der Waals surface area contributed by atoms with Crippen LogP contribution in [0.5, 0.6) is 0 Å². The smallest absolute Gasteiger partial charge is 0.254 e. The normalized spacial score (nSPS) is 19.3. The highest BCUT2D eigenvalue weighted by Gasteiger charge is 2.37. The summed E-state index contributed by atoms with van der Waals surface area (Å²) < 4.78 is 0. The van der Waals surface area contributed by atoms with Gasteiger partial charge in [-0.25, -0.2) is 0 Å². The molecule has 2 aromatic carbocycles. The molecule has 2 atom stereocenters. The molecule has 4 rings (SSSR count). The SMILES string of the molecule is Cl.N#Cc1ccc(CN(C(=O)c2ccc(C#N)cc2)[C@@H]2CN[C@H](C(=O)N3CCSC3)C2)cc1. The first kappa shape index (κ1) is 24.6. The fraction of sp³-hybridized carbons (Fsp3) is 0.333. The van der Waals surface area contributed by atoms with Gasteiger partial charge in [-0.05, 0) is 48.4 Å². The lowest BCUT2D eigenvalue weighted by atomic mass is 10.0. The maximum absolute atomic E-state index is 13.5. The second kappa shape index (κ2) is 11.2. The van der Waals surface area contributed by atoms with E-state index in [1.54, 1.807) is 53.1 Å². The summed E-state index contributed by atoms with van der Waals surface area (Å²) in [5, 5.41) is 21.4. The van der Waals surface area contributed by atoms with Gasteiger partial charge in [0.15, 0.2) is 0 Å². The molecule has 0 saturated carbocycles. The molecule has 9 heteroatoms. The predicted molar refractivity (Wildman–Crippen MR) is 129 cm³/mol. The molecule has 2 amide bonds. The fourth-order valence-corrected chi connectivity index (χ4v) is 5.01. The van der Waals surface area contributed by atoms with Gasteiger partial charge in [-0.3, -0.25) is 9.59 Å². The van der Waals surface area contributed by atoms with Crippen LogP contribution in [0.15, 0.2) is 48.5 Å². The van der Waals surface area contributed by atoms with E-state index in [1.807, 2.05) is 17.0 Å². The van der Waals surface area contributed by atoms with Crippen LogP contribution in [0.25, 0.3) is 0 Å². The number of nitrogens with one attached hydrogen (secondary N) is 1. The first-order chi connectivity index (χ1) is 15.6. The third-order valence-electron chi connectivity index (χ3n) is 5.87. The Morgan fingerprint density at radius 1 is 1.06 bits per heavy atom. The monoisotopic (exact) mass is 481 g/mol. The lowest BCUT2D eigenvalue weighted by Crippen LogP contribution is -2.42. The van der Waals surface area contributed by atoms with Gasteiger partial charge in [0.05, 0.1) is 35.2 Å². The molecule has 1 N–H and O–H groups in total. The molecule has 170 valence electrons. The number of rotatable bonds is 5. The van der Waals surface area contributed by atoms with Crippen molar-refractivity contribution in [1.29, 1.82) is 10.5 Å². The average Bonchev–Trinajstić information content (AvgIpc) is 3.55. The summed E-state index contributed by atoms with van der Waals surface area (Å²) in [4.78, 5) is 30.0. The first-order valence-electron chi connectivity index (χ1n) is 10.5. The zero-order valence-electron chi connectivity index (χ0n) is 17.9. The van der Waals surface area contributed by atoms with E-state index < -0.39 is 0 Å². The van der Waals surface area contributed by atoms with Crippen molar-refractivity contribution in [3.63, 3.8) is 0 Å². The van der Waals surface area contributed by atoms with E-state index in [2.05, 4.69) is 17.5 Å². The Labute approximate surface area is 203 Å². The van der Waals surface area contributed by atoms with Crippen molar-refractivity contribution in [2.75, 3.05) is 24.7 Å². The molecular formula is C24H24ClN5O2S. The van der Waals surface area contributed by atoms with E-state index in [9.17, 15) is 9.59 Å². The number of nitrogens with zero attached hydrogens (tertiary/aromatic N) is 4. The molecule has 2 saturated heterocycles. The minimum absolute atomic E-state index is 0. The number of hydrogen-bond donors (Lipinski definition) is 1. The maximum Gasteiger partial charge on any atom is 0.254 e. The van der Waals surface area contributed by atoms with Crippen LogP contribution in [-0.4, -0.2) is 58.4 Å². The topological polar surface area (TPSA) is 100 Å². The van der Waals surface area contributed by atoms with Gasteiger partial charge in [0, 0.05) is 37.0 Å². The van der Waals surface area contributed by atoms with Crippen LogP contribution in [0, 0.1) is 22.7 Å². The number of halogens is 1. The molecule has 0 spiro atoms. The van der Waals surface area contributed by atoms with Gasteiger partial charge in [-0.1, -0.05) is 12.1 Å². The lowest BCUT2D eigenvalue weighted by Gasteiger charge is -2.29. The van der Waals surface area contributed by atoms with Crippen LogP contribution in [0.1, 0.15) is 33.5 Å². The summed E-state index contributed by atoms with van der Waals surface area (Å²) in [5.41, 5.74) is 2.48. The zero-order chi connectivity index (χ0) is 22.5. The molecule has 0 aromatic heterocycles. The Morgan fingerprint density at radius 3 is 2.27 bits per heavy atom. The maximum atomic E-state index is 13.5. The van der Waals surface area contributed by atoms with Gasteiger partial charge in [0.2, 0.25) is 5.91 Å². The number of hydrogen-bond acceptors (Lipinski definition) is 6. The van der Waals surface area contributed by atoms with Crippen molar-refractivity contribution >= 4 is 36.0 Å². The van der Waals surface area contributed by atoms with Gasteiger partial charge in [0.1, 0.15) is 0 Å². The molecule has 7 nitrogen and oxygen atoms in total. The number of amides is 2. The van der Waals surface area contributed by atoms with Crippen molar-refractivity contribution in [3.05, 3.63) is 70.8 Å². The second-order valence-electron chi connectivity index (χ2n) is 7.92. The highest BCUT2D eigenvalue weighted by atomic mass is 35.5. The highest BCUT2D eigenvalue weighted by Crippen LogP contribution is 2.23. The molecule has 2 fully saturated rings. The number of carbonyl (C=O) groups excluding carboxylic acids is 2. The Balaban J connectivity index is 0.00000306. The third-order valence-corrected chi connectivity index (χ3v) is 6.83. The van der Waals surface area contributed by atoms with Crippen molar-refractivity contribution in [2.45, 2.75) is 25.0 Å². The van der Waals surface area contributed by atoms with Gasteiger partial charge in [0.25, 0.3) is 5.91 Å². The van der Waals surface area contributed by atoms with Gasteiger partial charge >= 0.3 is 0 Å². The largest absolute Gasteiger partial charge is 0.331 e. The molecule has 0 aliphatic carbocycles. The molecule has 33 heavy (non-hydrogen) atoms. The van der Waals surface area contributed by atoms with Gasteiger partial charge in [-0.15, -0.1) is 24.2 Å². The average molecular weight is 482 g/mol. The molecular weight excluding hydrogens is 458 g/mol. The van der Waals surface area contributed by atoms with Crippen molar-refractivity contribution < 1.29 is 9.59 Å². The summed E-state index contributed by atoms with van der Waals surface area (Å²) in [6, 6.07) is 17.5. The van der Waals surface area contributed by atoms with E-state index in [1.165, 1.54) is 0 Å². The minimum Gasteiger partial charge on any atom is -0.331 e. The van der Waals surface area contributed by atoms with Crippen LogP contribution in [0.3, 0.4) is 0 Å². The summed E-state index contributed by atoms with van der Waals surface area (Å²) >= 11 is 1.75. The van der Waals surface area contributed by atoms with Crippen molar-refractivity contribution in [2.24, 2.45) is 0 Å². The van der Waals surface area contributed by atoms with Crippen LogP contribution < -0.4 is 5.32 Å². The van der Waals surface area contributed by atoms with Gasteiger partial charge in [-0.2, -0.15) is 10.5 Å². The first-order valence-corrected chi connectivity index (χ1v) is 11.6. The Bertz CT molecular complexity index is 1070. The molecule has 0 bridgehead atoms. The number of benzene rings is 2. The Morgan fingerprint density at radius 2 is 1.70 bits per heavy atom. The summed E-state index contributed by atoms with van der Waals surface area (Å²) in [7, 11) is 0. The molecule has 2 heterocycles. The third kappa shape index (κ3) is 5.66. The van der Waals surface area contributed by atoms with E-state index in [-0.39, 0.29) is 36.3 Å². The molecule has 2 aliphatic heterocycles. The minimum atomic E-state index is -0.295.